The molecule has 26 heavy (non-hydrogen) atoms. The van der Waals surface area contributed by atoms with Gasteiger partial charge in [-0.2, -0.15) is 4.98 Å². The molecule has 7 heteroatoms. The molecule has 0 saturated heterocycles. The number of furan rings is 1. The van der Waals surface area contributed by atoms with E-state index in [1.807, 2.05) is 32.0 Å². The number of rotatable bonds is 3. The SMILES string of the molecule is Cc1ccc(C)c2oc(-c3noc(-c4ccc(C(O)O)c(F)c4)n3)cc12. The predicted molar refractivity (Wildman–Crippen MR) is 91.6 cm³/mol. The first-order chi connectivity index (χ1) is 12.4. The summed E-state index contributed by atoms with van der Waals surface area (Å²) in [5.41, 5.74) is 2.94. The Bertz CT molecular complexity index is 1080. The van der Waals surface area contributed by atoms with Gasteiger partial charge < -0.3 is 19.2 Å². The Balaban J connectivity index is 1.74. The molecule has 4 rings (SSSR count). The monoisotopic (exact) mass is 354 g/mol. The van der Waals surface area contributed by atoms with Gasteiger partial charge in [0.05, 0.1) is 0 Å². The van der Waals surface area contributed by atoms with Gasteiger partial charge in [-0.15, -0.1) is 0 Å². The van der Waals surface area contributed by atoms with Crippen LogP contribution in [0.4, 0.5) is 4.39 Å². The largest absolute Gasteiger partial charge is 0.452 e. The summed E-state index contributed by atoms with van der Waals surface area (Å²) in [7, 11) is 0. The number of nitrogens with zero attached hydrogens (tertiary/aromatic N) is 2. The smallest absolute Gasteiger partial charge is 0.258 e. The molecule has 0 fully saturated rings. The molecule has 0 radical (unpaired) electrons. The van der Waals surface area contributed by atoms with Gasteiger partial charge in [-0.05, 0) is 43.2 Å². The predicted octanol–water partition coefficient (Wildman–Crippen LogP) is 3.89. The average Bonchev–Trinajstić information content (AvgIpc) is 3.25. The Hall–Kier alpha value is -3.03. The molecule has 2 heterocycles. The lowest BCUT2D eigenvalue weighted by atomic mass is 10.1. The number of aromatic nitrogens is 2. The van der Waals surface area contributed by atoms with E-state index in [9.17, 15) is 4.39 Å². The van der Waals surface area contributed by atoms with Crippen LogP contribution in [0.2, 0.25) is 0 Å². The van der Waals surface area contributed by atoms with E-state index in [0.717, 1.165) is 28.2 Å². The quantitative estimate of drug-likeness (QED) is 0.542. The van der Waals surface area contributed by atoms with Crippen molar-refractivity contribution in [3.05, 3.63) is 58.9 Å². The third-order valence-electron chi connectivity index (χ3n) is 4.27. The molecule has 0 aliphatic heterocycles. The normalized spacial score (nSPS) is 11.6. The van der Waals surface area contributed by atoms with Crippen LogP contribution in [-0.4, -0.2) is 20.4 Å². The van der Waals surface area contributed by atoms with Crippen LogP contribution in [0.3, 0.4) is 0 Å². The van der Waals surface area contributed by atoms with Crippen LogP contribution in [0.25, 0.3) is 34.0 Å². The lowest BCUT2D eigenvalue weighted by molar-refractivity contribution is -0.0449. The topological polar surface area (TPSA) is 92.5 Å². The minimum atomic E-state index is -1.88. The summed E-state index contributed by atoms with van der Waals surface area (Å²) >= 11 is 0. The van der Waals surface area contributed by atoms with Crippen molar-refractivity contribution in [3.63, 3.8) is 0 Å². The zero-order chi connectivity index (χ0) is 18.4. The third kappa shape index (κ3) is 2.67. The van der Waals surface area contributed by atoms with Crippen LogP contribution in [0, 0.1) is 19.7 Å². The van der Waals surface area contributed by atoms with Gasteiger partial charge in [-0.1, -0.05) is 23.4 Å². The van der Waals surface area contributed by atoms with Crippen LogP contribution < -0.4 is 0 Å². The highest BCUT2D eigenvalue weighted by Gasteiger charge is 2.18. The zero-order valence-electron chi connectivity index (χ0n) is 14.0. The summed E-state index contributed by atoms with van der Waals surface area (Å²) in [5, 5.41) is 23.0. The van der Waals surface area contributed by atoms with Gasteiger partial charge in [0.1, 0.15) is 11.4 Å². The molecule has 132 valence electrons. The first kappa shape index (κ1) is 16.4. The van der Waals surface area contributed by atoms with Crippen molar-refractivity contribution in [1.29, 1.82) is 0 Å². The van der Waals surface area contributed by atoms with Crippen molar-refractivity contribution in [2.75, 3.05) is 0 Å². The van der Waals surface area contributed by atoms with E-state index < -0.39 is 12.1 Å². The molecule has 0 aliphatic carbocycles. The Morgan fingerprint density at radius 1 is 1.04 bits per heavy atom. The Labute approximate surface area is 147 Å². The number of aliphatic hydroxyl groups is 2. The minimum absolute atomic E-state index is 0.103. The van der Waals surface area contributed by atoms with Gasteiger partial charge in [0.2, 0.25) is 5.82 Å². The van der Waals surface area contributed by atoms with Crippen molar-refractivity contribution in [1.82, 2.24) is 10.1 Å². The molecule has 0 bridgehead atoms. The number of fused-ring (bicyclic) bond motifs is 1. The first-order valence-corrected chi connectivity index (χ1v) is 7.94. The summed E-state index contributed by atoms with van der Waals surface area (Å²) in [6.45, 7) is 3.94. The second-order valence-corrected chi connectivity index (χ2v) is 6.09. The van der Waals surface area contributed by atoms with Crippen molar-refractivity contribution in [2.24, 2.45) is 0 Å². The Morgan fingerprint density at radius 3 is 2.50 bits per heavy atom. The molecule has 0 aliphatic rings. The molecule has 4 aromatic rings. The molecule has 2 aromatic heterocycles. The maximum Gasteiger partial charge on any atom is 0.258 e. The highest BCUT2D eigenvalue weighted by molar-refractivity contribution is 5.87. The summed E-state index contributed by atoms with van der Waals surface area (Å²) in [4.78, 5) is 4.26. The molecule has 0 atom stereocenters. The summed E-state index contributed by atoms with van der Waals surface area (Å²) in [6, 6.07) is 9.68. The molecular formula is C19H15FN2O4. The minimum Gasteiger partial charge on any atom is -0.452 e. The van der Waals surface area contributed by atoms with E-state index in [2.05, 4.69) is 10.1 Å². The van der Waals surface area contributed by atoms with Gasteiger partial charge >= 0.3 is 0 Å². The fourth-order valence-corrected chi connectivity index (χ4v) is 2.81. The summed E-state index contributed by atoms with van der Waals surface area (Å²) < 4.78 is 25.0. The molecule has 0 saturated carbocycles. The van der Waals surface area contributed by atoms with Gasteiger partial charge in [0.25, 0.3) is 5.89 Å². The molecule has 0 spiro atoms. The second kappa shape index (κ2) is 6.05. The number of aliphatic hydroxyl groups excluding tert-OH is 1. The molecule has 0 unspecified atom stereocenters. The lowest BCUT2D eigenvalue weighted by Gasteiger charge is -2.05. The van der Waals surface area contributed by atoms with E-state index in [1.165, 1.54) is 12.1 Å². The number of halogens is 1. The Morgan fingerprint density at radius 2 is 1.81 bits per heavy atom. The van der Waals surface area contributed by atoms with Gasteiger partial charge in [0.15, 0.2) is 12.1 Å². The van der Waals surface area contributed by atoms with E-state index in [-0.39, 0.29) is 17.3 Å². The highest BCUT2D eigenvalue weighted by atomic mass is 19.1. The van der Waals surface area contributed by atoms with Crippen LogP contribution in [0.15, 0.2) is 45.3 Å². The Kier molecular flexibility index (Phi) is 3.82. The number of hydrogen-bond acceptors (Lipinski definition) is 6. The van der Waals surface area contributed by atoms with Crippen LogP contribution in [0.1, 0.15) is 23.0 Å². The van der Waals surface area contributed by atoms with Crippen molar-refractivity contribution >= 4 is 11.0 Å². The van der Waals surface area contributed by atoms with Crippen LogP contribution >= 0.6 is 0 Å². The van der Waals surface area contributed by atoms with Crippen molar-refractivity contribution in [3.8, 4) is 23.0 Å². The third-order valence-corrected chi connectivity index (χ3v) is 4.27. The molecule has 0 amide bonds. The zero-order valence-corrected chi connectivity index (χ0v) is 14.0. The fourth-order valence-electron chi connectivity index (χ4n) is 2.81. The van der Waals surface area contributed by atoms with E-state index in [1.54, 1.807) is 0 Å². The summed E-state index contributed by atoms with van der Waals surface area (Å²) in [6.07, 6.45) is -1.88. The number of benzene rings is 2. The lowest BCUT2D eigenvalue weighted by Crippen LogP contribution is -1.98. The van der Waals surface area contributed by atoms with Crippen molar-refractivity contribution in [2.45, 2.75) is 20.1 Å². The molecule has 2 aromatic carbocycles. The van der Waals surface area contributed by atoms with Gasteiger partial charge in [-0.3, -0.25) is 0 Å². The summed E-state index contributed by atoms with van der Waals surface area (Å²) in [5.74, 6) is 0.0379. The van der Waals surface area contributed by atoms with Crippen LogP contribution in [-0.2, 0) is 0 Å². The van der Waals surface area contributed by atoms with Gasteiger partial charge in [0, 0.05) is 16.5 Å². The van der Waals surface area contributed by atoms with Gasteiger partial charge in [-0.25, -0.2) is 4.39 Å². The van der Waals surface area contributed by atoms with Crippen LogP contribution in [0.5, 0.6) is 0 Å². The molecular weight excluding hydrogens is 339 g/mol. The standard InChI is InChI=1S/C19H15FN2O4/c1-9-3-4-10(2)16-13(9)8-15(25-16)17-21-18(26-22-17)11-5-6-12(19(23)24)14(20)7-11/h3-8,19,23-24H,1-2H3. The maximum absolute atomic E-state index is 13.9. The second-order valence-electron chi connectivity index (χ2n) is 6.09. The number of aryl methyl sites for hydroxylation is 2. The molecule has 2 N–H and O–H groups in total. The number of hydrogen-bond donors (Lipinski definition) is 2. The fraction of sp³-hybridized carbons (Fsp3) is 0.158. The average molecular weight is 354 g/mol. The highest BCUT2D eigenvalue weighted by Crippen LogP contribution is 2.32. The maximum atomic E-state index is 13.9. The van der Waals surface area contributed by atoms with E-state index in [0.29, 0.717) is 11.3 Å². The first-order valence-electron chi connectivity index (χ1n) is 7.94. The van der Waals surface area contributed by atoms with E-state index >= 15 is 0 Å². The van der Waals surface area contributed by atoms with E-state index in [4.69, 9.17) is 19.2 Å². The van der Waals surface area contributed by atoms with Crippen molar-refractivity contribution < 1.29 is 23.5 Å². The molecule has 6 nitrogen and oxygen atoms in total.